The molecule has 0 aromatic heterocycles. The lowest BCUT2D eigenvalue weighted by Crippen LogP contribution is -2.42. The number of nitrogens with zero attached hydrogens (tertiary/aromatic N) is 1. The summed E-state index contributed by atoms with van der Waals surface area (Å²) in [6.45, 7) is 0. The zero-order valence-electron chi connectivity index (χ0n) is 14.8. The molecule has 2 aliphatic rings. The zero-order valence-corrected chi connectivity index (χ0v) is 14.8. The lowest BCUT2D eigenvalue weighted by atomic mass is 9.98. The van der Waals surface area contributed by atoms with Crippen LogP contribution in [-0.2, 0) is 20.7 Å². The SMILES string of the molecule is COC(=O)[C@@H]1C[C@H]2Cc3ccc(-c4ccccc4)cc3[C@H]2N1C(=O)OC. The van der Waals surface area contributed by atoms with E-state index in [9.17, 15) is 9.59 Å². The Morgan fingerprint density at radius 1 is 1.00 bits per heavy atom. The van der Waals surface area contributed by atoms with E-state index in [0.29, 0.717) is 6.42 Å². The van der Waals surface area contributed by atoms with Gasteiger partial charge in [0.1, 0.15) is 6.04 Å². The van der Waals surface area contributed by atoms with Crippen molar-refractivity contribution in [2.45, 2.75) is 24.9 Å². The van der Waals surface area contributed by atoms with Gasteiger partial charge in [-0.1, -0.05) is 42.5 Å². The number of ether oxygens (including phenoxy) is 2. The van der Waals surface area contributed by atoms with Gasteiger partial charge in [-0.15, -0.1) is 0 Å². The van der Waals surface area contributed by atoms with E-state index in [1.165, 1.54) is 19.8 Å². The molecule has 5 heteroatoms. The number of amides is 1. The van der Waals surface area contributed by atoms with Crippen molar-refractivity contribution in [2.75, 3.05) is 14.2 Å². The molecule has 0 saturated carbocycles. The molecule has 0 radical (unpaired) electrons. The number of fused-ring (bicyclic) bond motifs is 3. The predicted octanol–water partition coefficient (Wildman–Crippen LogP) is 3.58. The van der Waals surface area contributed by atoms with Gasteiger partial charge in [0.15, 0.2) is 0 Å². The highest BCUT2D eigenvalue weighted by Gasteiger charge is 2.52. The van der Waals surface area contributed by atoms with Crippen molar-refractivity contribution in [3.05, 3.63) is 59.7 Å². The number of methoxy groups -OCH3 is 2. The van der Waals surface area contributed by atoms with Gasteiger partial charge in [0.2, 0.25) is 0 Å². The van der Waals surface area contributed by atoms with E-state index in [2.05, 4.69) is 30.3 Å². The molecule has 134 valence electrons. The van der Waals surface area contributed by atoms with Crippen molar-refractivity contribution in [3.63, 3.8) is 0 Å². The third kappa shape index (κ3) is 2.55. The zero-order chi connectivity index (χ0) is 18.3. The Hall–Kier alpha value is -2.82. The van der Waals surface area contributed by atoms with Crippen LogP contribution in [0, 0.1) is 5.92 Å². The van der Waals surface area contributed by atoms with Crippen molar-refractivity contribution < 1.29 is 19.1 Å². The Kier molecular flexibility index (Phi) is 4.15. The van der Waals surface area contributed by atoms with Gasteiger partial charge >= 0.3 is 12.1 Å². The fourth-order valence-corrected chi connectivity index (χ4v) is 4.39. The molecule has 0 bridgehead atoms. The summed E-state index contributed by atoms with van der Waals surface area (Å²) in [5.41, 5.74) is 4.58. The van der Waals surface area contributed by atoms with Gasteiger partial charge in [0, 0.05) is 0 Å². The van der Waals surface area contributed by atoms with E-state index in [1.807, 2.05) is 18.2 Å². The molecule has 1 heterocycles. The highest BCUT2D eigenvalue weighted by molar-refractivity contribution is 5.83. The Bertz CT molecular complexity index is 848. The fourth-order valence-electron chi connectivity index (χ4n) is 4.39. The lowest BCUT2D eigenvalue weighted by molar-refractivity contribution is -0.145. The Labute approximate surface area is 152 Å². The van der Waals surface area contributed by atoms with Gasteiger partial charge < -0.3 is 9.47 Å². The van der Waals surface area contributed by atoms with Gasteiger partial charge in [0.05, 0.1) is 20.3 Å². The first kappa shape index (κ1) is 16.6. The number of likely N-dealkylation sites (tertiary alicyclic amines) is 1. The van der Waals surface area contributed by atoms with Crippen molar-refractivity contribution >= 4 is 12.1 Å². The molecule has 4 rings (SSSR count). The molecule has 0 N–H and O–H groups in total. The monoisotopic (exact) mass is 351 g/mol. The molecule has 1 amide bonds. The largest absolute Gasteiger partial charge is 0.467 e. The Morgan fingerprint density at radius 3 is 2.46 bits per heavy atom. The maximum Gasteiger partial charge on any atom is 0.410 e. The lowest BCUT2D eigenvalue weighted by Gasteiger charge is -2.28. The summed E-state index contributed by atoms with van der Waals surface area (Å²) in [6, 6.07) is 15.8. The van der Waals surface area contributed by atoms with Crippen molar-refractivity contribution in [2.24, 2.45) is 5.92 Å². The summed E-state index contributed by atoms with van der Waals surface area (Å²) in [5, 5.41) is 0. The number of esters is 1. The molecule has 1 saturated heterocycles. The summed E-state index contributed by atoms with van der Waals surface area (Å²) in [6.07, 6.45) is 0.976. The molecule has 2 aromatic rings. The first-order valence-electron chi connectivity index (χ1n) is 8.76. The van der Waals surface area contributed by atoms with E-state index in [1.54, 1.807) is 4.90 Å². The second kappa shape index (κ2) is 6.48. The van der Waals surface area contributed by atoms with Crippen LogP contribution in [0.3, 0.4) is 0 Å². The standard InChI is InChI=1S/C21H21NO4/c1-25-20(23)18-12-16-10-15-9-8-14(13-6-4-3-5-7-13)11-17(15)19(16)22(18)21(24)26-2/h3-9,11,16,18-19H,10,12H2,1-2H3/t16-,18+,19+/m1/s1. The van der Waals surface area contributed by atoms with E-state index in [0.717, 1.165) is 23.1 Å². The van der Waals surface area contributed by atoms with E-state index in [-0.39, 0.29) is 17.9 Å². The normalized spacial score (nSPS) is 23.3. The van der Waals surface area contributed by atoms with Crippen LogP contribution in [0.15, 0.2) is 48.5 Å². The Balaban J connectivity index is 1.76. The quantitative estimate of drug-likeness (QED) is 0.776. The van der Waals surface area contributed by atoms with Gasteiger partial charge in [-0.2, -0.15) is 0 Å². The number of hydrogen-bond acceptors (Lipinski definition) is 4. The first-order valence-corrected chi connectivity index (χ1v) is 8.76. The van der Waals surface area contributed by atoms with Crippen LogP contribution in [0.25, 0.3) is 11.1 Å². The highest BCUT2D eigenvalue weighted by Crippen LogP contribution is 2.50. The minimum Gasteiger partial charge on any atom is -0.467 e. The van der Waals surface area contributed by atoms with Crippen LogP contribution < -0.4 is 0 Å². The smallest absolute Gasteiger partial charge is 0.410 e. The second-order valence-corrected chi connectivity index (χ2v) is 6.84. The molecule has 1 aliphatic carbocycles. The van der Waals surface area contributed by atoms with Crippen molar-refractivity contribution in [3.8, 4) is 11.1 Å². The molecule has 3 atom stereocenters. The average Bonchev–Trinajstić information content (AvgIpc) is 3.23. The van der Waals surface area contributed by atoms with Crippen LogP contribution in [0.5, 0.6) is 0 Å². The van der Waals surface area contributed by atoms with Crippen LogP contribution in [0.2, 0.25) is 0 Å². The minimum atomic E-state index is -0.587. The Morgan fingerprint density at radius 2 is 1.77 bits per heavy atom. The van der Waals surface area contributed by atoms with E-state index in [4.69, 9.17) is 9.47 Å². The van der Waals surface area contributed by atoms with Crippen LogP contribution in [0.1, 0.15) is 23.6 Å². The molecular weight excluding hydrogens is 330 g/mol. The summed E-state index contributed by atoms with van der Waals surface area (Å²) < 4.78 is 9.89. The third-order valence-corrected chi connectivity index (χ3v) is 5.52. The molecule has 26 heavy (non-hydrogen) atoms. The number of carbonyl (C=O) groups excluding carboxylic acids is 2. The maximum absolute atomic E-state index is 12.4. The number of carbonyl (C=O) groups is 2. The maximum atomic E-state index is 12.4. The minimum absolute atomic E-state index is 0.148. The molecule has 0 unspecified atom stereocenters. The van der Waals surface area contributed by atoms with Crippen LogP contribution in [-0.4, -0.2) is 37.2 Å². The molecule has 5 nitrogen and oxygen atoms in total. The van der Waals surface area contributed by atoms with Gasteiger partial charge in [-0.05, 0) is 47.1 Å². The topological polar surface area (TPSA) is 55.8 Å². The van der Waals surface area contributed by atoms with Crippen LogP contribution >= 0.6 is 0 Å². The molecule has 0 spiro atoms. The summed E-state index contributed by atoms with van der Waals surface area (Å²) >= 11 is 0. The van der Waals surface area contributed by atoms with E-state index < -0.39 is 12.1 Å². The van der Waals surface area contributed by atoms with Gasteiger partial charge in [-0.3, -0.25) is 4.90 Å². The van der Waals surface area contributed by atoms with E-state index >= 15 is 0 Å². The fraction of sp³-hybridized carbons (Fsp3) is 0.333. The number of benzene rings is 2. The first-order chi connectivity index (χ1) is 12.6. The molecule has 1 aliphatic heterocycles. The van der Waals surface area contributed by atoms with Crippen molar-refractivity contribution in [1.29, 1.82) is 0 Å². The number of rotatable bonds is 2. The average molecular weight is 351 g/mol. The summed E-state index contributed by atoms with van der Waals surface area (Å²) in [7, 11) is 2.70. The highest BCUT2D eigenvalue weighted by atomic mass is 16.5. The van der Waals surface area contributed by atoms with Gasteiger partial charge in [-0.25, -0.2) is 9.59 Å². The second-order valence-electron chi connectivity index (χ2n) is 6.84. The summed E-state index contributed by atoms with van der Waals surface area (Å²) in [5.74, 6) is -0.176. The summed E-state index contributed by atoms with van der Waals surface area (Å²) in [4.78, 5) is 26.2. The third-order valence-electron chi connectivity index (χ3n) is 5.52. The molecule has 2 aromatic carbocycles. The molecule has 1 fully saturated rings. The molecular formula is C21H21NO4. The predicted molar refractivity (Wildman–Crippen MR) is 96.5 cm³/mol. The van der Waals surface area contributed by atoms with Crippen LogP contribution in [0.4, 0.5) is 4.79 Å². The van der Waals surface area contributed by atoms with Gasteiger partial charge in [0.25, 0.3) is 0 Å². The number of hydrogen-bond donors (Lipinski definition) is 0. The van der Waals surface area contributed by atoms with Crippen molar-refractivity contribution in [1.82, 2.24) is 4.90 Å².